The Kier molecular flexibility index (Phi) is 7.19. The smallest absolute Gasteiger partial charge is 0.276 e. The summed E-state index contributed by atoms with van der Waals surface area (Å²) in [5.74, 6) is 0.331. The number of aromatic nitrogens is 4. The zero-order chi connectivity index (χ0) is 25.1. The third kappa shape index (κ3) is 5.85. The molecule has 2 aliphatic rings. The first-order valence-electron chi connectivity index (χ1n) is 12.3. The molecule has 0 saturated heterocycles. The zero-order valence-corrected chi connectivity index (χ0v) is 20.6. The van der Waals surface area contributed by atoms with Crippen LogP contribution in [0.5, 0.6) is 0 Å². The minimum absolute atomic E-state index is 0.0109. The number of carbonyl (C=O) groups is 2. The van der Waals surface area contributed by atoms with Crippen LogP contribution < -0.4 is 27.0 Å². The van der Waals surface area contributed by atoms with E-state index in [0.717, 1.165) is 44.2 Å². The van der Waals surface area contributed by atoms with Gasteiger partial charge in [-0.3, -0.25) is 9.59 Å². The van der Waals surface area contributed by atoms with Gasteiger partial charge >= 0.3 is 0 Å². The molecule has 2 saturated carbocycles. The molecule has 6 N–H and O–H groups in total. The summed E-state index contributed by atoms with van der Waals surface area (Å²) in [5, 5.41) is 17.9. The number of anilines is 3. The van der Waals surface area contributed by atoms with Crippen LogP contribution in [0.2, 0.25) is 5.15 Å². The molecule has 3 aromatic rings. The molecule has 3 aromatic heterocycles. The number of hydrogen-bond donors (Lipinski definition) is 5. The lowest BCUT2D eigenvalue weighted by molar-refractivity contribution is -0.121. The quantitative estimate of drug-likeness (QED) is 0.275. The first kappa shape index (κ1) is 24.3. The van der Waals surface area contributed by atoms with Gasteiger partial charge in [-0.15, -0.1) is 5.10 Å². The number of pyridine rings is 1. The zero-order valence-electron chi connectivity index (χ0n) is 19.8. The normalized spacial score (nSPS) is 19.6. The summed E-state index contributed by atoms with van der Waals surface area (Å²) in [7, 11) is 0. The lowest BCUT2D eigenvalue weighted by atomic mass is 9.91. The molecule has 12 heteroatoms. The molecular formula is C24H30ClN9O2. The molecule has 36 heavy (non-hydrogen) atoms. The van der Waals surface area contributed by atoms with Gasteiger partial charge in [0.25, 0.3) is 5.91 Å². The van der Waals surface area contributed by atoms with Crippen LogP contribution in [0, 0.1) is 0 Å². The lowest BCUT2D eigenvalue weighted by Crippen LogP contribution is -2.40. The summed E-state index contributed by atoms with van der Waals surface area (Å²) in [6, 6.07) is 6.01. The third-order valence-electron chi connectivity index (χ3n) is 6.44. The van der Waals surface area contributed by atoms with Gasteiger partial charge < -0.3 is 27.0 Å². The van der Waals surface area contributed by atoms with Crippen molar-refractivity contribution in [2.24, 2.45) is 5.73 Å². The number of hydrogen-bond acceptors (Lipinski definition) is 8. The average molecular weight is 512 g/mol. The van der Waals surface area contributed by atoms with Crippen LogP contribution in [0.25, 0.3) is 5.65 Å². The van der Waals surface area contributed by atoms with E-state index < -0.39 is 0 Å². The Bertz CT molecular complexity index is 1250. The van der Waals surface area contributed by atoms with Gasteiger partial charge in [-0.1, -0.05) is 11.6 Å². The maximum Gasteiger partial charge on any atom is 0.276 e. The maximum absolute atomic E-state index is 13.1. The van der Waals surface area contributed by atoms with Gasteiger partial charge in [-0.05, 0) is 50.7 Å². The number of imidazole rings is 1. The number of amides is 2. The molecule has 190 valence electrons. The monoisotopic (exact) mass is 511 g/mol. The Labute approximate surface area is 213 Å². The summed E-state index contributed by atoms with van der Waals surface area (Å²) in [6.45, 7) is 0.360. The third-order valence-corrected chi connectivity index (χ3v) is 6.64. The topological polar surface area (TPSA) is 151 Å². The Morgan fingerprint density at radius 2 is 1.75 bits per heavy atom. The van der Waals surface area contributed by atoms with E-state index in [0.29, 0.717) is 47.0 Å². The minimum Gasteiger partial charge on any atom is -0.379 e. The van der Waals surface area contributed by atoms with E-state index in [4.69, 9.17) is 22.4 Å². The van der Waals surface area contributed by atoms with E-state index in [2.05, 4.69) is 31.2 Å². The summed E-state index contributed by atoms with van der Waals surface area (Å²) in [5.41, 5.74) is 7.75. The van der Waals surface area contributed by atoms with E-state index in [-0.39, 0.29) is 23.9 Å². The van der Waals surface area contributed by atoms with Crippen molar-refractivity contribution in [1.82, 2.24) is 24.9 Å². The Hall–Kier alpha value is -3.44. The standard InChI is InChI=1S/C24H30ClN9O2/c25-20-11-17(8-10-27-20)32-24(36)19-13-28-23-18(29-14-1-2-14)12-21(33-34(19)23)30-15-3-5-16(6-4-15)31-22(35)7-9-26/h8,10-16,29H,1-7,9,26H2,(H,30,33)(H,31,35)(H,27,32,36). The van der Waals surface area contributed by atoms with Crippen molar-refractivity contribution in [3.8, 4) is 0 Å². The average Bonchev–Trinajstić information content (AvgIpc) is 3.55. The SMILES string of the molecule is NCCC(=O)NC1CCC(Nc2cc(NC3CC3)c3ncc(C(=O)Nc4ccnc(Cl)c4)n3n2)CC1. The summed E-state index contributed by atoms with van der Waals surface area (Å²) in [4.78, 5) is 33.3. The predicted molar refractivity (Wildman–Crippen MR) is 138 cm³/mol. The highest BCUT2D eigenvalue weighted by Crippen LogP contribution is 2.30. The number of nitrogens with zero attached hydrogens (tertiary/aromatic N) is 4. The van der Waals surface area contributed by atoms with E-state index >= 15 is 0 Å². The Balaban J connectivity index is 1.33. The molecule has 2 aliphatic carbocycles. The molecule has 3 heterocycles. The molecule has 0 aliphatic heterocycles. The lowest BCUT2D eigenvalue weighted by Gasteiger charge is -2.30. The van der Waals surface area contributed by atoms with Gasteiger partial charge in [0.15, 0.2) is 11.3 Å². The van der Waals surface area contributed by atoms with Crippen molar-refractivity contribution < 1.29 is 9.59 Å². The molecule has 2 amide bonds. The van der Waals surface area contributed by atoms with Crippen molar-refractivity contribution in [2.75, 3.05) is 22.5 Å². The van der Waals surface area contributed by atoms with Crippen LogP contribution in [0.3, 0.4) is 0 Å². The summed E-state index contributed by atoms with van der Waals surface area (Å²) < 4.78 is 1.57. The molecule has 0 bridgehead atoms. The minimum atomic E-state index is -0.347. The molecule has 0 atom stereocenters. The van der Waals surface area contributed by atoms with Gasteiger partial charge in [-0.25, -0.2) is 14.5 Å². The number of rotatable bonds is 9. The van der Waals surface area contributed by atoms with Crippen LogP contribution in [0.4, 0.5) is 17.2 Å². The first-order valence-corrected chi connectivity index (χ1v) is 12.7. The van der Waals surface area contributed by atoms with Crippen LogP contribution in [0.1, 0.15) is 55.4 Å². The molecule has 0 radical (unpaired) electrons. The Morgan fingerprint density at radius 3 is 2.47 bits per heavy atom. The van der Waals surface area contributed by atoms with Gasteiger partial charge in [-0.2, -0.15) is 0 Å². The summed E-state index contributed by atoms with van der Waals surface area (Å²) >= 11 is 5.95. The molecule has 2 fully saturated rings. The van der Waals surface area contributed by atoms with Gasteiger partial charge in [0.1, 0.15) is 11.0 Å². The molecule has 5 rings (SSSR count). The Morgan fingerprint density at radius 1 is 1.03 bits per heavy atom. The molecule has 0 spiro atoms. The van der Waals surface area contributed by atoms with Crippen molar-refractivity contribution in [2.45, 2.75) is 63.1 Å². The van der Waals surface area contributed by atoms with E-state index in [1.54, 1.807) is 16.6 Å². The second-order valence-corrected chi connectivity index (χ2v) is 9.75. The molecular weight excluding hydrogens is 482 g/mol. The van der Waals surface area contributed by atoms with E-state index in [9.17, 15) is 9.59 Å². The molecule has 0 unspecified atom stereocenters. The number of fused-ring (bicyclic) bond motifs is 1. The van der Waals surface area contributed by atoms with Crippen molar-refractivity contribution in [1.29, 1.82) is 0 Å². The highest BCUT2D eigenvalue weighted by Gasteiger charge is 2.26. The van der Waals surface area contributed by atoms with Crippen LogP contribution in [-0.2, 0) is 4.79 Å². The highest BCUT2D eigenvalue weighted by molar-refractivity contribution is 6.29. The molecule has 0 aromatic carbocycles. The predicted octanol–water partition coefficient (Wildman–Crippen LogP) is 2.79. The summed E-state index contributed by atoms with van der Waals surface area (Å²) in [6.07, 6.45) is 9.20. The van der Waals surface area contributed by atoms with E-state index in [1.165, 1.54) is 12.4 Å². The van der Waals surface area contributed by atoms with Crippen molar-refractivity contribution in [3.05, 3.63) is 41.4 Å². The van der Waals surface area contributed by atoms with Crippen LogP contribution in [0.15, 0.2) is 30.6 Å². The van der Waals surface area contributed by atoms with Crippen molar-refractivity contribution in [3.63, 3.8) is 0 Å². The van der Waals surface area contributed by atoms with Crippen LogP contribution in [-0.4, -0.2) is 56.1 Å². The van der Waals surface area contributed by atoms with Crippen LogP contribution >= 0.6 is 11.6 Å². The second kappa shape index (κ2) is 10.7. The number of halogens is 1. The first-order chi connectivity index (χ1) is 17.5. The second-order valence-electron chi connectivity index (χ2n) is 9.36. The number of nitrogens with two attached hydrogens (primary N) is 1. The molecule has 11 nitrogen and oxygen atoms in total. The highest BCUT2D eigenvalue weighted by atomic mass is 35.5. The van der Waals surface area contributed by atoms with Gasteiger partial charge in [0.05, 0.1) is 11.9 Å². The maximum atomic E-state index is 13.1. The van der Waals surface area contributed by atoms with Gasteiger partial charge in [0, 0.05) is 49.0 Å². The number of nitrogens with one attached hydrogen (secondary N) is 4. The van der Waals surface area contributed by atoms with Crippen molar-refractivity contribution >= 4 is 46.3 Å². The fraction of sp³-hybridized carbons (Fsp3) is 0.458. The van der Waals surface area contributed by atoms with E-state index in [1.807, 2.05) is 6.07 Å². The fourth-order valence-corrected chi connectivity index (χ4v) is 4.62. The fourth-order valence-electron chi connectivity index (χ4n) is 4.45. The number of carbonyl (C=O) groups excluding carboxylic acids is 2. The largest absolute Gasteiger partial charge is 0.379 e. The van der Waals surface area contributed by atoms with Gasteiger partial charge in [0.2, 0.25) is 5.91 Å².